The van der Waals surface area contributed by atoms with Crippen molar-refractivity contribution >= 4 is 12.0 Å². The Balaban J connectivity index is 1.19. The number of nitrogens with one attached hydrogen (secondary N) is 1. The van der Waals surface area contributed by atoms with Crippen molar-refractivity contribution < 1.29 is 9.53 Å². The molecule has 0 aromatic heterocycles. The maximum atomic E-state index is 12.2. The van der Waals surface area contributed by atoms with Crippen molar-refractivity contribution in [2.75, 3.05) is 26.2 Å². The molecule has 2 aromatic rings. The minimum Gasteiger partial charge on any atom is -0.493 e. The molecule has 1 N–H and O–H groups in total. The van der Waals surface area contributed by atoms with Crippen LogP contribution in [0, 0.1) is 0 Å². The number of benzene rings is 2. The van der Waals surface area contributed by atoms with Gasteiger partial charge in [-0.2, -0.15) is 0 Å². The Morgan fingerprint density at radius 2 is 1.79 bits per heavy atom. The molecule has 0 saturated carbocycles. The summed E-state index contributed by atoms with van der Waals surface area (Å²) in [5, 5.41) is 3.16. The summed E-state index contributed by atoms with van der Waals surface area (Å²) in [5.41, 5.74) is 2.42. The second kappa shape index (κ2) is 9.75. The van der Waals surface area contributed by atoms with Crippen molar-refractivity contribution in [3.8, 4) is 5.75 Å². The smallest absolute Gasteiger partial charge is 0.244 e. The summed E-state index contributed by atoms with van der Waals surface area (Å²) < 4.78 is 5.79. The van der Waals surface area contributed by atoms with Crippen LogP contribution in [0.5, 0.6) is 5.75 Å². The van der Waals surface area contributed by atoms with Gasteiger partial charge in [0.15, 0.2) is 0 Å². The first-order valence-corrected chi connectivity index (χ1v) is 10.8. The lowest BCUT2D eigenvalue weighted by Crippen LogP contribution is -2.44. The summed E-state index contributed by atoms with van der Waals surface area (Å²) in [4.78, 5) is 14.7. The predicted octanol–water partition coefficient (Wildman–Crippen LogP) is 4.24. The van der Waals surface area contributed by atoms with E-state index in [0.29, 0.717) is 5.92 Å². The van der Waals surface area contributed by atoms with Crippen molar-refractivity contribution in [2.45, 2.75) is 37.6 Å². The Morgan fingerprint density at radius 1 is 1.03 bits per heavy atom. The summed E-state index contributed by atoms with van der Waals surface area (Å²) in [6, 6.07) is 18.7. The lowest BCUT2D eigenvalue weighted by molar-refractivity contribution is -0.117. The molecule has 1 amide bonds. The van der Waals surface area contributed by atoms with Crippen LogP contribution >= 0.6 is 0 Å². The van der Waals surface area contributed by atoms with E-state index in [9.17, 15) is 4.79 Å². The van der Waals surface area contributed by atoms with Crippen molar-refractivity contribution in [1.29, 1.82) is 0 Å². The van der Waals surface area contributed by atoms with Crippen LogP contribution in [0.15, 0.2) is 60.7 Å². The van der Waals surface area contributed by atoms with E-state index in [1.54, 1.807) is 6.08 Å². The van der Waals surface area contributed by atoms with Crippen LogP contribution in [0.1, 0.15) is 42.7 Å². The van der Waals surface area contributed by atoms with Gasteiger partial charge in [0.2, 0.25) is 5.91 Å². The van der Waals surface area contributed by atoms with Crippen LogP contribution in [0.4, 0.5) is 0 Å². The van der Waals surface area contributed by atoms with Gasteiger partial charge in [0.25, 0.3) is 0 Å². The number of likely N-dealkylation sites (tertiary alicyclic amines) is 1. The van der Waals surface area contributed by atoms with Gasteiger partial charge in [0.05, 0.1) is 6.61 Å². The lowest BCUT2D eigenvalue weighted by Gasteiger charge is -2.34. The Hall–Kier alpha value is -2.59. The first-order chi connectivity index (χ1) is 14.3. The average Bonchev–Trinajstić information content (AvgIpc) is 2.78. The predicted molar refractivity (Wildman–Crippen MR) is 117 cm³/mol. The lowest BCUT2D eigenvalue weighted by atomic mass is 9.90. The summed E-state index contributed by atoms with van der Waals surface area (Å²) in [5.74, 6) is 1.67. The Morgan fingerprint density at radius 3 is 2.62 bits per heavy atom. The third-order valence-electron chi connectivity index (χ3n) is 6.04. The number of piperidine rings is 1. The van der Waals surface area contributed by atoms with Gasteiger partial charge in [-0.3, -0.25) is 4.79 Å². The number of hydrogen-bond donors (Lipinski definition) is 1. The van der Waals surface area contributed by atoms with E-state index in [0.717, 1.165) is 56.8 Å². The number of carbonyl (C=O) groups excluding carboxylic acids is 1. The molecule has 1 atom stereocenters. The first-order valence-electron chi connectivity index (χ1n) is 10.8. The van der Waals surface area contributed by atoms with Gasteiger partial charge in [-0.05, 0) is 61.4 Å². The third kappa shape index (κ3) is 5.48. The van der Waals surface area contributed by atoms with Crippen LogP contribution in [0.3, 0.4) is 0 Å². The monoisotopic (exact) mass is 390 g/mol. The van der Waals surface area contributed by atoms with Crippen molar-refractivity contribution in [2.24, 2.45) is 0 Å². The van der Waals surface area contributed by atoms with Crippen molar-refractivity contribution in [1.82, 2.24) is 10.2 Å². The number of carbonyl (C=O) groups is 1. The SMILES string of the molecule is O=C(C=Cc1ccccc1)NC1CCN(CCC2CCOc3ccccc32)CC1. The first kappa shape index (κ1) is 19.7. The molecule has 1 saturated heterocycles. The van der Waals surface area contributed by atoms with Gasteiger partial charge in [-0.15, -0.1) is 0 Å². The molecule has 0 spiro atoms. The highest BCUT2D eigenvalue weighted by Crippen LogP contribution is 2.35. The van der Waals surface area contributed by atoms with E-state index in [-0.39, 0.29) is 11.9 Å². The number of para-hydroxylation sites is 1. The zero-order chi connectivity index (χ0) is 19.9. The minimum atomic E-state index is 0.00566. The number of ether oxygens (including phenoxy) is 1. The molecule has 0 aliphatic carbocycles. The Kier molecular flexibility index (Phi) is 6.63. The van der Waals surface area contributed by atoms with E-state index >= 15 is 0 Å². The van der Waals surface area contributed by atoms with E-state index < -0.39 is 0 Å². The quantitative estimate of drug-likeness (QED) is 0.750. The summed E-state index contributed by atoms with van der Waals surface area (Å²) in [7, 11) is 0. The molecule has 2 aromatic carbocycles. The van der Waals surface area contributed by atoms with E-state index in [1.807, 2.05) is 36.4 Å². The molecular weight excluding hydrogens is 360 g/mol. The maximum Gasteiger partial charge on any atom is 0.244 e. The molecule has 0 radical (unpaired) electrons. The molecule has 2 aliphatic heterocycles. The number of rotatable bonds is 6. The standard InChI is InChI=1S/C25H30N2O2/c28-25(11-10-20-6-2-1-3-7-20)26-22-13-17-27(18-14-22)16-12-21-15-19-29-24-9-5-4-8-23(21)24/h1-11,21-22H,12-19H2,(H,26,28). The highest BCUT2D eigenvalue weighted by atomic mass is 16.5. The second-order valence-electron chi connectivity index (χ2n) is 8.03. The van der Waals surface area contributed by atoms with E-state index in [1.165, 1.54) is 12.0 Å². The molecule has 0 bridgehead atoms. The van der Waals surface area contributed by atoms with Crippen molar-refractivity contribution in [3.63, 3.8) is 0 Å². The normalized spacial score (nSPS) is 20.2. The zero-order valence-corrected chi connectivity index (χ0v) is 16.9. The van der Waals surface area contributed by atoms with Gasteiger partial charge < -0.3 is 15.0 Å². The number of nitrogens with zero attached hydrogens (tertiary/aromatic N) is 1. The fourth-order valence-electron chi connectivity index (χ4n) is 4.34. The van der Waals surface area contributed by atoms with Crippen LogP contribution in [0.25, 0.3) is 6.08 Å². The number of amides is 1. The fraction of sp³-hybridized carbons (Fsp3) is 0.400. The van der Waals surface area contributed by atoms with Crippen molar-refractivity contribution in [3.05, 3.63) is 71.8 Å². The van der Waals surface area contributed by atoms with E-state index in [4.69, 9.17) is 4.74 Å². The van der Waals surface area contributed by atoms with Crippen LogP contribution in [-0.4, -0.2) is 43.1 Å². The highest BCUT2D eigenvalue weighted by Gasteiger charge is 2.24. The number of hydrogen-bond acceptors (Lipinski definition) is 3. The molecule has 29 heavy (non-hydrogen) atoms. The van der Waals surface area contributed by atoms with Crippen LogP contribution in [-0.2, 0) is 4.79 Å². The molecule has 2 heterocycles. The van der Waals surface area contributed by atoms with Crippen LogP contribution < -0.4 is 10.1 Å². The van der Waals surface area contributed by atoms with E-state index in [2.05, 4.69) is 34.5 Å². The maximum absolute atomic E-state index is 12.2. The molecule has 2 aliphatic rings. The molecule has 4 heteroatoms. The van der Waals surface area contributed by atoms with Gasteiger partial charge in [0, 0.05) is 25.2 Å². The minimum absolute atomic E-state index is 0.00566. The topological polar surface area (TPSA) is 41.6 Å². The molecule has 1 unspecified atom stereocenters. The van der Waals surface area contributed by atoms with Gasteiger partial charge in [-0.25, -0.2) is 0 Å². The summed E-state index contributed by atoms with van der Waals surface area (Å²) in [6.45, 7) is 4.05. The largest absolute Gasteiger partial charge is 0.493 e. The molecular formula is C25H30N2O2. The Labute approximate surface area is 173 Å². The number of fused-ring (bicyclic) bond motifs is 1. The van der Waals surface area contributed by atoms with Crippen LogP contribution in [0.2, 0.25) is 0 Å². The fourth-order valence-corrected chi connectivity index (χ4v) is 4.34. The Bertz CT molecular complexity index is 826. The van der Waals surface area contributed by atoms with Gasteiger partial charge in [0.1, 0.15) is 5.75 Å². The summed E-state index contributed by atoms with van der Waals surface area (Å²) >= 11 is 0. The van der Waals surface area contributed by atoms with Gasteiger partial charge in [-0.1, -0.05) is 48.5 Å². The molecule has 4 nitrogen and oxygen atoms in total. The summed E-state index contributed by atoms with van der Waals surface area (Å²) in [6.07, 6.45) is 7.85. The zero-order valence-electron chi connectivity index (χ0n) is 16.9. The van der Waals surface area contributed by atoms with Gasteiger partial charge >= 0.3 is 0 Å². The molecule has 1 fully saturated rings. The average molecular weight is 391 g/mol. The second-order valence-corrected chi connectivity index (χ2v) is 8.03. The molecule has 4 rings (SSSR count). The third-order valence-corrected chi connectivity index (χ3v) is 6.04. The molecule has 152 valence electrons. The highest BCUT2D eigenvalue weighted by molar-refractivity contribution is 5.91.